The molecule has 0 saturated carbocycles. The summed E-state index contributed by atoms with van der Waals surface area (Å²) in [4.78, 5) is 41.0. The van der Waals surface area contributed by atoms with Crippen LogP contribution in [0.25, 0.3) is 0 Å². The summed E-state index contributed by atoms with van der Waals surface area (Å²) in [5, 5.41) is 7.01. The standard InChI is InChI=1S/C27H26F3N3O4S/c28-27(29,30)19-9-4-10-20(15-19)33(23(34)17-32-25(35)22-12-6-14-38-22)24(18-7-2-1-3-8-18)26(36)31-16-21-11-5-13-37-21/h1-4,6-10,12,14-15,21,24H,5,11,13,16-17H2,(H,31,36)(H,32,35)/t21-,24-/m0/s1. The van der Waals surface area contributed by atoms with Gasteiger partial charge < -0.3 is 15.4 Å². The van der Waals surface area contributed by atoms with E-state index in [-0.39, 0.29) is 18.3 Å². The minimum Gasteiger partial charge on any atom is -0.376 e. The molecule has 2 heterocycles. The molecule has 11 heteroatoms. The lowest BCUT2D eigenvalue weighted by molar-refractivity contribution is -0.137. The fourth-order valence-electron chi connectivity index (χ4n) is 4.17. The summed E-state index contributed by atoms with van der Waals surface area (Å²) in [7, 11) is 0. The second kappa shape index (κ2) is 12.2. The van der Waals surface area contributed by atoms with Crippen LogP contribution in [0.15, 0.2) is 72.1 Å². The highest BCUT2D eigenvalue weighted by Gasteiger charge is 2.36. The average Bonchev–Trinajstić information content (AvgIpc) is 3.64. The molecule has 1 aliphatic heterocycles. The third-order valence-corrected chi connectivity index (χ3v) is 6.88. The van der Waals surface area contributed by atoms with Crippen molar-refractivity contribution >= 4 is 34.7 Å². The minimum absolute atomic E-state index is 0.128. The van der Waals surface area contributed by atoms with Gasteiger partial charge in [0, 0.05) is 18.8 Å². The van der Waals surface area contributed by atoms with E-state index in [1.807, 2.05) is 0 Å². The molecule has 3 aromatic rings. The van der Waals surface area contributed by atoms with Gasteiger partial charge >= 0.3 is 6.18 Å². The summed E-state index contributed by atoms with van der Waals surface area (Å²) in [5.41, 5.74) is -0.703. The van der Waals surface area contributed by atoms with E-state index in [0.29, 0.717) is 17.0 Å². The summed E-state index contributed by atoms with van der Waals surface area (Å²) in [6.07, 6.45) is -3.22. The number of carbonyl (C=O) groups excluding carboxylic acids is 3. The summed E-state index contributed by atoms with van der Waals surface area (Å²) < 4.78 is 46.3. The molecular weight excluding hydrogens is 519 g/mol. The Morgan fingerprint density at radius 1 is 1.03 bits per heavy atom. The van der Waals surface area contributed by atoms with Crippen LogP contribution in [0.2, 0.25) is 0 Å². The van der Waals surface area contributed by atoms with Crippen LogP contribution in [0.4, 0.5) is 18.9 Å². The molecule has 38 heavy (non-hydrogen) atoms. The van der Waals surface area contributed by atoms with Gasteiger partial charge in [0.15, 0.2) is 0 Å². The molecule has 2 aromatic carbocycles. The lowest BCUT2D eigenvalue weighted by atomic mass is 10.0. The SMILES string of the molecule is O=C(NCC(=O)N(c1cccc(C(F)(F)F)c1)[C@H](C(=O)NC[C@@H]1CCCO1)c1ccccc1)c1cccs1. The topological polar surface area (TPSA) is 87.7 Å². The average molecular weight is 546 g/mol. The maximum atomic E-state index is 13.6. The first-order chi connectivity index (χ1) is 18.2. The summed E-state index contributed by atoms with van der Waals surface area (Å²) in [6.45, 7) is 0.249. The number of benzene rings is 2. The second-order valence-electron chi connectivity index (χ2n) is 8.67. The second-order valence-corrected chi connectivity index (χ2v) is 9.61. The molecular formula is C27H26F3N3O4S. The molecule has 1 saturated heterocycles. The van der Waals surface area contributed by atoms with Crippen molar-refractivity contribution in [3.63, 3.8) is 0 Å². The maximum Gasteiger partial charge on any atom is 0.416 e. The van der Waals surface area contributed by atoms with Crippen LogP contribution in [-0.4, -0.2) is 43.5 Å². The van der Waals surface area contributed by atoms with Gasteiger partial charge in [0.2, 0.25) is 11.8 Å². The number of nitrogens with zero attached hydrogens (tertiary/aromatic N) is 1. The quantitative estimate of drug-likeness (QED) is 0.413. The fourth-order valence-corrected chi connectivity index (χ4v) is 4.81. The number of carbonyl (C=O) groups is 3. The van der Waals surface area contributed by atoms with E-state index >= 15 is 0 Å². The number of alkyl halides is 3. The molecule has 0 radical (unpaired) electrons. The highest BCUT2D eigenvalue weighted by Crippen LogP contribution is 2.34. The Morgan fingerprint density at radius 2 is 1.82 bits per heavy atom. The van der Waals surface area contributed by atoms with Crippen molar-refractivity contribution in [2.45, 2.75) is 31.2 Å². The number of ether oxygens (including phenoxy) is 1. The molecule has 2 atom stereocenters. The molecule has 0 aliphatic carbocycles. The van der Waals surface area contributed by atoms with Crippen molar-refractivity contribution < 1.29 is 32.3 Å². The Bertz CT molecular complexity index is 1250. The minimum atomic E-state index is -4.66. The molecule has 0 unspecified atom stereocenters. The molecule has 7 nitrogen and oxygen atoms in total. The molecule has 4 rings (SSSR count). The first-order valence-corrected chi connectivity index (χ1v) is 12.9. The highest BCUT2D eigenvalue weighted by molar-refractivity contribution is 7.12. The predicted molar refractivity (Wildman–Crippen MR) is 137 cm³/mol. The molecule has 0 spiro atoms. The Morgan fingerprint density at radius 3 is 2.47 bits per heavy atom. The maximum absolute atomic E-state index is 13.6. The van der Waals surface area contributed by atoms with Gasteiger partial charge in [-0.25, -0.2) is 0 Å². The molecule has 1 aliphatic rings. The van der Waals surface area contributed by atoms with Crippen LogP contribution in [0.3, 0.4) is 0 Å². The van der Waals surface area contributed by atoms with Gasteiger partial charge in [0.1, 0.15) is 6.04 Å². The van der Waals surface area contributed by atoms with E-state index in [2.05, 4.69) is 10.6 Å². The Hall–Kier alpha value is -3.70. The zero-order chi connectivity index (χ0) is 27.1. The van der Waals surface area contributed by atoms with Crippen molar-refractivity contribution in [3.05, 3.63) is 88.1 Å². The predicted octanol–water partition coefficient (Wildman–Crippen LogP) is 4.57. The third kappa shape index (κ3) is 6.78. The fraction of sp³-hybridized carbons (Fsp3) is 0.296. The number of hydrogen-bond acceptors (Lipinski definition) is 5. The lowest BCUT2D eigenvalue weighted by Gasteiger charge is -2.32. The monoisotopic (exact) mass is 545 g/mol. The van der Waals surface area contributed by atoms with Gasteiger partial charge in [-0.2, -0.15) is 13.2 Å². The van der Waals surface area contributed by atoms with Crippen LogP contribution in [-0.2, 0) is 20.5 Å². The number of nitrogens with one attached hydrogen (secondary N) is 2. The van der Waals surface area contributed by atoms with Crippen molar-refractivity contribution in [2.75, 3.05) is 24.6 Å². The number of hydrogen-bond donors (Lipinski definition) is 2. The molecule has 1 fully saturated rings. The van der Waals surface area contributed by atoms with Gasteiger partial charge in [0.25, 0.3) is 5.91 Å². The van der Waals surface area contributed by atoms with Gasteiger partial charge in [0.05, 0.1) is 23.1 Å². The van der Waals surface area contributed by atoms with Gasteiger partial charge in [-0.05, 0) is 48.1 Å². The van der Waals surface area contributed by atoms with Crippen molar-refractivity contribution in [1.29, 1.82) is 0 Å². The largest absolute Gasteiger partial charge is 0.416 e. The van der Waals surface area contributed by atoms with Crippen LogP contribution in [0.5, 0.6) is 0 Å². The van der Waals surface area contributed by atoms with E-state index in [1.165, 1.54) is 23.5 Å². The normalized spacial score (nSPS) is 16.0. The van der Waals surface area contributed by atoms with Crippen LogP contribution in [0.1, 0.15) is 39.7 Å². The van der Waals surface area contributed by atoms with E-state index in [1.54, 1.807) is 47.8 Å². The molecule has 1 aromatic heterocycles. The van der Waals surface area contributed by atoms with E-state index in [0.717, 1.165) is 29.9 Å². The first kappa shape index (κ1) is 27.3. The van der Waals surface area contributed by atoms with E-state index < -0.39 is 42.0 Å². The number of thiophene rings is 1. The summed E-state index contributed by atoms with van der Waals surface area (Å²) in [6, 6.07) is 14.5. The number of halogens is 3. The van der Waals surface area contributed by atoms with Gasteiger partial charge in [-0.3, -0.25) is 19.3 Å². The van der Waals surface area contributed by atoms with Gasteiger partial charge in [-0.15, -0.1) is 11.3 Å². The highest BCUT2D eigenvalue weighted by atomic mass is 32.1. The zero-order valence-electron chi connectivity index (χ0n) is 20.2. The summed E-state index contributed by atoms with van der Waals surface area (Å²) >= 11 is 1.18. The van der Waals surface area contributed by atoms with Crippen LogP contribution in [0, 0.1) is 0 Å². The molecule has 0 bridgehead atoms. The van der Waals surface area contributed by atoms with E-state index in [4.69, 9.17) is 4.74 Å². The Balaban J connectivity index is 1.69. The Labute approximate surface area is 221 Å². The number of rotatable bonds is 9. The molecule has 2 N–H and O–H groups in total. The van der Waals surface area contributed by atoms with E-state index in [9.17, 15) is 27.6 Å². The van der Waals surface area contributed by atoms with Crippen LogP contribution >= 0.6 is 11.3 Å². The zero-order valence-corrected chi connectivity index (χ0v) is 21.1. The summed E-state index contributed by atoms with van der Waals surface area (Å²) in [5.74, 6) is -1.84. The Kier molecular flexibility index (Phi) is 8.80. The smallest absolute Gasteiger partial charge is 0.376 e. The number of anilines is 1. The third-order valence-electron chi connectivity index (χ3n) is 6.02. The van der Waals surface area contributed by atoms with Crippen molar-refractivity contribution in [1.82, 2.24) is 10.6 Å². The van der Waals surface area contributed by atoms with Crippen molar-refractivity contribution in [3.8, 4) is 0 Å². The lowest BCUT2D eigenvalue weighted by Crippen LogP contribution is -2.48. The van der Waals surface area contributed by atoms with Crippen LogP contribution < -0.4 is 15.5 Å². The van der Waals surface area contributed by atoms with Crippen molar-refractivity contribution in [2.24, 2.45) is 0 Å². The van der Waals surface area contributed by atoms with Gasteiger partial charge in [-0.1, -0.05) is 42.5 Å². The molecule has 200 valence electrons. The number of amides is 3. The molecule has 3 amide bonds. The first-order valence-electron chi connectivity index (χ1n) is 12.0.